The lowest BCUT2D eigenvalue weighted by atomic mass is 10.2. The van der Waals surface area contributed by atoms with Crippen molar-refractivity contribution in [2.24, 2.45) is 10.9 Å². The Morgan fingerprint density at radius 1 is 1.30 bits per heavy atom. The van der Waals surface area contributed by atoms with Crippen molar-refractivity contribution in [1.29, 1.82) is 0 Å². The van der Waals surface area contributed by atoms with E-state index < -0.39 is 9.84 Å². The van der Waals surface area contributed by atoms with Crippen molar-refractivity contribution in [2.45, 2.75) is 25.1 Å². The van der Waals surface area contributed by atoms with E-state index in [1.807, 2.05) is 17.0 Å². The van der Waals surface area contributed by atoms with Gasteiger partial charge in [0, 0.05) is 21.9 Å². The van der Waals surface area contributed by atoms with Gasteiger partial charge in [-0.25, -0.2) is 8.42 Å². The molecule has 124 valence electrons. The van der Waals surface area contributed by atoms with Gasteiger partial charge in [-0.05, 0) is 24.3 Å². The van der Waals surface area contributed by atoms with Gasteiger partial charge < -0.3 is 4.90 Å². The van der Waals surface area contributed by atoms with Gasteiger partial charge in [-0.2, -0.15) is 4.99 Å². The van der Waals surface area contributed by atoms with Crippen molar-refractivity contribution in [3.8, 4) is 0 Å². The second-order valence-corrected chi connectivity index (χ2v) is 9.83. The summed E-state index contributed by atoms with van der Waals surface area (Å²) < 4.78 is 23.9. The van der Waals surface area contributed by atoms with Crippen molar-refractivity contribution in [3.63, 3.8) is 0 Å². The molecule has 0 N–H and O–H groups in total. The van der Waals surface area contributed by atoms with Crippen molar-refractivity contribution >= 4 is 50.0 Å². The maximum absolute atomic E-state index is 12.0. The predicted molar refractivity (Wildman–Crippen MR) is 95.0 cm³/mol. The fraction of sp³-hybridized carbons (Fsp3) is 0.467. The molecule has 2 heterocycles. The molecule has 2 atom stereocenters. The monoisotopic (exact) mass is 372 g/mol. The Morgan fingerprint density at radius 2 is 1.96 bits per heavy atom. The zero-order valence-electron chi connectivity index (χ0n) is 12.8. The lowest BCUT2D eigenvalue weighted by molar-refractivity contribution is -0.120. The smallest absolute Gasteiger partial charge is 0.250 e. The molecule has 0 unspecified atom stereocenters. The van der Waals surface area contributed by atoms with Crippen LogP contribution in [0.15, 0.2) is 29.3 Å². The zero-order chi connectivity index (χ0) is 16.8. The minimum Gasteiger partial charge on any atom is -0.316 e. The Balaban J connectivity index is 2.00. The van der Waals surface area contributed by atoms with Crippen LogP contribution in [0.4, 0.5) is 5.69 Å². The Labute approximate surface area is 145 Å². The van der Waals surface area contributed by atoms with Crippen molar-refractivity contribution in [2.75, 3.05) is 16.4 Å². The number of carbonyl (C=O) groups is 1. The average molecular weight is 373 g/mol. The zero-order valence-corrected chi connectivity index (χ0v) is 15.2. The van der Waals surface area contributed by atoms with Gasteiger partial charge in [0.1, 0.15) is 0 Å². The molecule has 0 aromatic heterocycles. The number of amidine groups is 1. The van der Waals surface area contributed by atoms with E-state index in [1.165, 1.54) is 11.8 Å². The van der Waals surface area contributed by atoms with Gasteiger partial charge in [0.05, 0.1) is 17.5 Å². The number of benzene rings is 1. The van der Waals surface area contributed by atoms with E-state index in [2.05, 4.69) is 4.99 Å². The van der Waals surface area contributed by atoms with Crippen LogP contribution in [-0.4, -0.2) is 42.3 Å². The lowest BCUT2D eigenvalue weighted by Gasteiger charge is -2.24. The number of rotatable bonds is 2. The lowest BCUT2D eigenvalue weighted by Crippen LogP contribution is -2.37. The highest BCUT2D eigenvalue weighted by Crippen LogP contribution is 2.41. The molecule has 0 spiro atoms. The second-order valence-electron chi connectivity index (χ2n) is 6.03. The van der Waals surface area contributed by atoms with Crippen LogP contribution in [0.2, 0.25) is 5.02 Å². The summed E-state index contributed by atoms with van der Waals surface area (Å²) >= 11 is 7.31. The molecular formula is C15H17ClN2O3S2. The van der Waals surface area contributed by atoms with E-state index >= 15 is 0 Å². The minimum absolute atomic E-state index is 0.0855. The third-order valence-corrected chi connectivity index (χ3v) is 7.33. The van der Waals surface area contributed by atoms with Crippen LogP contribution in [0.1, 0.15) is 13.8 Å². The maximum Gasteiger partial charge on any atom is 0.250 e. The number of thioether (sulfide) groups is 1. The Morgan fingerprint density at radius 3 is 2.57 bits per heavy atom. The van der Waals surface area contributed by atoms with Crippen LogP contribution < -0.4 is 4.90 Å². The molecule has 2 saturated heterocycles. The first-order valence-electron chi connectivity index (χ1n) is 7.31. The largest absolute Gasteiger partial charge is 0.316 e. The quantitative estimate of drug-likeness (QED) is 0.798. The molecular weight excluding hydrogens is 356 g/mol. The number of carbonyl (C=O) groups excluding carboxylic acids is 1. The summed E-state index contributed by atoms with van der Waals surface area (Å²) in [6.07, 6.45) is 0. The fourth-order valence-corrected chi connectivity index (χ4v) is 6.74. The van der Waals surface area contributed by atoms with E-state index in [0.717, 1.165) is 5.69 Å². The standard InChI is InChI=1S/C15H17ClN2O3S2/c1-9(2)14(19)17-15-18(11-5-3-10(16)4-6-11)12-7-23(20,21)8-13(12)22-15/h3-6,9,12-13H,7-8H2,1-2H3/t12-,13+/m0/s1. The number of anilines is 1. The van der Waals surface area contributed by atoms with Crippen molar-refractivity contribution in [3.05, 3.63) is 29.3 Å². The first-order chi connectivity index (χ1) is 10.8. The summed E-state index contributed by atoms with van der Waals surface area (Å²) in [5.74, 6) is -0.183. The van der Waals surface area contributed by atoms with E-state index in [-0.39, 0.29) is 34.6 Å². The molecule has 3 rings (SSSR count). The predicted octanol–water partition coefficient (Wildman–Crippen LogP) is 2.60. The topological polar surface area (TPSA) is 66.8 Å². The normalized spacial score (nSPS) is 27.7. The highest BCUT2D eigenvalue weighted by Gasteiger charge is 2.49. The number of halogens is 1. The first-order valence-corrected chi connectivity index (χ1v) is 10.4. The van der Waals surface area contributed by atoms with Gasteiger partial charge in [0.2, 0.25) is 0 Å². The Bertz CT molecular complexity index is 759. The third-order valence-electron chi connectivity index (χ3n) is 3.87. The van der Waals surface area contributed by atoms with Gasteiger partial charge in [-0.3, -0.25) is 4.79 Å². The molecule has 1 amide bonds. The van der Waals surface area contributed by atoms with Gasteiger partial charge in [-0.15, -0.1) is 0 Å². The molecule has 1 aromatic carbocycles. The van der Waals surface area contributed by atoms with Crippen molar-refractivity contribution < 1.29 is 13.2 Å². The third kappa shape index (κ3) is 3.41. The van der Waals surface area contributed by atoms with Crippen LogP contribution >= 0.6 is 23.4 Å². The molecule has 23 heavy (non-hydrogen) atoms. The maximum atomic E-state index is 12.0. The molecule has 5 nitrogen and oxygen atoms in total. The summed E-state index contributed by atoms with van der Waals surface area (Å²) in [5.41, 5.74) is 0.807. The van der Waals surface area contributed by atoms with Crippen LogP contribution in [0.5, 0.6) is 0 Å². The molecule has 0 saturated carbocycles. The van der Waals surface area contributed by atoms with E-state index in [4.69, 9.17) is 11.6 Å². The SMILES string of the molecule is CC(C)C(=O)N=C1S[C@@H]2CS(=O)(=O)C[C@@H]2N1c1ccc(Cl)cc1. The number of fused-ring (bicyclic) bond motifs is 1. The van der Waals surface area contributed by atoms with Gasteiger partial charge in [-0.1, -0.05) is 37.2 Å². The first kappa shape index (κ1) is 16.8. The number of hydrogen-bond donors (Lipinski definition) is 0. The number of amides is 1. The highest BCUT2D eigenvalue weighted by molar-refractivity contribution is 8.16. The van der Waals surface area contributed by atoms with Gasteiger partial charge in [0.15, 0.2) is 15.0 Å². The molecule has 2 aliphatic heterocycles. The molecule has 0 aliphatic carbocycles. The average Bonchev–Trinajstić information content (AvgIpc) is 2.91. The number of aliphatic imine (C=N–C) groups is 1. The van der Waals surface area contributed by atoms with E-state index in [1.54, 1.807) is 26.0 Å². The Kier molecular flexibility index (Phi) is 4.46. The second kappa shape index (κ2) is 6.11. The van der Waals surface area contributed by atoms with Crippen LogP contribution in [0.25, 0.3) is 0 Å². The number of nitrogens with zero attached hydrogens (tertiary/aromatic N) is 2. The summed E-state index contributed by atoms with van der Waals surface area (Å²) in [4.78, 5) is 18.1. The van der Waals surface area contributed by atoms with Crippen molar-refractivity contribution in [1.82, 2.24) is 0 Å². The molecule has 0 radical (unpaired) electrons. The fourth-order valence-electron chi connectivity index (χ4n) is 2.69. The molecule has 2 fully saturated rings. The van der Waals surface area contributed by atoms with Gasteiger partial charge in [0.25, 0.3) is 5.91 Å². The summed E-state index contributed by atoms with van der Waals surface area (Å²) in [6, 6.07) is 6.96. The molecule has 0 bridgehead atoms. The minimum atomic E-state index is -3.05. The molecule has 8 heteroatoms. The summed E-state index contributed by atoms with van der Waals surface area (Å²) in [6.45, 7) is 3.59. The summed E-state index contributed by atoms with van der Waals surface area (Å²) in [7, 11) is -3.05. The molecule has 1 aromatic rings. The van der Waals surface area contributed by atoms with Crippen LogP contribution in [0, 0.1) is 5.92 Å². The van der Waals surface area contributed by atoms with Crippen LogP contribution in [0.3, 0.4) is 0 Å². The van der Waals surface area contributed by atoms with E-state index in [9.17, 15) is 13.2 Å². The van der Waals surface area contributed by atoms with Gasteiger partial charge >= 0.3 is 0 Å². The number of sulfone groups is 1. The highest BCUT2D eigenvalue weighted by atomic mass is 35.5. The van der Waals surface area contributed by atoms with E-state index in [0.29, 0.717) is 10.2 Å². The Hall–Kier alpha value is -1.05. The molecule has 2 aliphatic rings. The summed E-state index contributed by atoms with van der Waals surface area (Å²) in [5, 5.41) is 1.10. The number of hydrogen-bond acceptors (Lipinski definition) is 4. The van der Waals surface area contributed by atoms with Crippen LogP contribution in [-0.2, 0) is 14.6 Å².